The lowest BCUT2D eigenvalue weighted by Gasteiger charge is -2.37. The maximum Gasteiger partial charge on any atom is 0.133 e. The number of rotatable bonds is 5. The smallest absolute Gasteiger partial charge is 0.133 e. The van der Waals surface area contributed by atoms with E-state index in [0.29, 0.717) is 12.0 Å². The third kappa shape index (κ3) is 2.72. The summed E-state index contributed by atoms with van der Waals surface area (Å²) in [6.45, 7) is 3.13. The van der Waals surface area contributed by atoms with E-state index < -0.39 is 0 Å². The number of methoxy groups -OCH3 is 1. The number of hydrogen-bond donors (Lipinski definition) is 1. The summed E-state index contributed by atoms with van der Waals surface area (Å²) in [5.41, 5.74) is 4.28. The predicted octanol–water partition coefficient (Wildman–Crippen LogP) is 4.45. The molecule has 2 nitrogen and oxygen atoms in total. The van der Waals surface area contributed by atoms with E-state index in [9.17, 15) is 0 Å². The van der Waals surface area contributed by atoms with Crippen LogP contribution in [0.15, 0.2) is 46.9 Å². The second-order valence-electron chi connectivity index (χ2n) is 5.44. The highest BCUT2D eigenvalue weighted by Gasteiger charge is 2.33. The predicted molar refractivity (Wildman–Crippen MR) is 90.0 cm³/mol. The van der Waals surface area contributed by atoms with Crippen LogP contribution in [-0.4, -0.2) is 13.7 Å². The van der Waals surface area contributed by atoms with Crippen molar-refractivity contribution in [2.24, 2.45) is 0 Å². The summed E-state index contributed by atoms with van der Waals surface area (Å²) in [6.07, 6.45) is 1.15. The molecule has 0 aliphatic heterocycles. The van der Waals surface area contributed by atoms with E-state index in [0.717, 1.165) is 23.2 Å². The molecule has 1 aliphatic carbocycles. The van der Waals surface area contributed by atoms with E-state index in [1.165, 1.54) is 16.7 Å². The molecule has 0 saturated carbocycles. The van der Waals surface area contributed by atoms with Gasteiger partial charge in [-0.3, -0.25) is 0 Å². The zero-order valence-electron chi connectivity index (χ0n) is 12.4. The summed E-state index contributed by atoms with van der Waals surface area (Å²) in [6, 6.07) is 15.5. The van der Waals surface area contributed by atoms with Crippen molar-refractivity contribution in [2.45, 2.75) is 25.3 Å². The van der Waals surface area contributed by atoms with Crippen molar-refractivity contribution in [3.8, 4) is 5.75 Å². The van der Waals surface area contributed by atoms with E-state index in [-0.39, 0.29) is 0 Å². The lowest BCUT2D eigenvalue weighted by Crippen LogP contribution is -2.33. The lowest BCUT2D eigenvalue weighted by molar-refractivity contribution is 0.406. The summed E-state index contributed by atoms with van der Waals surface area (Å²) in [7, 11) is 1.70. The SMILES string of the molecule is CCNC(c1ccc(OC)c(Br)c1)C1Cc2ccccc21. The van der Waals surface area contributed by atoms with Gasteiger partial charge in [-0.05, 0) is 57.7 Å². The molecule has 0 aromatic heterocycles. The lowest BCUT2D eigenvalue weighted by atomic mass is 9.71. The molecule has 3 heteroatoms. The van der Waals surface area contributed by atoms with Crippen molar-refractivity contribution in [1.82, 2.24) is 5.32 Å². The van der Waals surface area contributed by atoms with E-state index in [2.05, 4.69) is 64.6 Å². The Morgan fingerprint density at radius 1 is 1.29 bits per heavy atom. The van der Waals surface area contributed by atoms with Crippen LogP contribution in [-0.2, 0) is 6.42 Å². The molecule has 2 aromatic carbocycles. The van der Waals surface area contributed by atoms with Crippen molar-refractivity contribution in [3.63, 3.8) is 0 Å². The van der Waals surface area contributed by atoms with Crippen LogP contribution in [0.2, 0.25) is 0 Å². The van der Waals surface area contributed by atoms with Crippen LogP contribution >= 0.6 is 15.9 Å². The van der Waals surface area contributed by atoms with E-state index in [1.807, 2.05) is 6.07 Å². The minimum absolute atomic E-state index is 0.354. The summed E-state index contributed by atoms with van der Waals surface area (Å²) in [5.74, 6) is 1.43. The topological polar surface area (TPSA) is 21.3 Å². The highest BCUT2D eigenvalue weighted by atomic mass is 79.9. The first kappa shape index (κ1) is 14.6. The van der Waals surface area contributed by atoms with Gasteiger partial charge in [-0.15, -0.1) is 0 Å². The first-order chi connectivity index (χ1) is 10.2. The van der Waals surface area contributed by atoms with Gasteiger partial charge in [0.1, 0.15) is 5.75 Å². The fourth-order valence-corrected chi connectivity index (χ4v) is 3.74. The Hall–Kier alpha value is -1.32. The van der Waals surface area contributed by atoms with Gasteiger partial charge in [0.15, 0.2) is 0 Å². The normalized spacial score (nSPS) is 17.8. The Kier molecular flexibility index (Phi) is 4.32. The van der Waals surface area contributed by atoms with E-state index in [4.69, 9.17) is 4.74 Å². The molecule has 0 heterocycles. The van der Waals surface area contributed by atoms with Gasteiger partial charge in [0.25, 0.3) is 0 Å². The fraction of sp³-hybridized carbons (Fsp3) is 0.333. The summed E-state index contributed by atoms with van der Waals surface area (Å²) in [4.78, 5) is 0. The third-order valence-electron chi connectivity index (χ3n) is 4.26. The highest BCUT2D eigenvalue weighted by molar-refractivity contribution is 9.10. The second kappa shape index (κ2) is 6.20. The monoisotopic (exact) mass is 345 g/mol. The van der Waals surface area contributed by atoms with Gasteiger partial charge in [-0.1, -0.05) is 37.3 Å². The molecule has 0 bridgehead atoms. The molecular formula is C18H20BrNO. The fourth-order valence-electron chi connectivity index (χ4n) is 3.18. The quantitative estimate of drug-likeness (QED) is 0.864. The molecule has 0 amide bonds. The number of hydrogen-bond acceptors (Lipinski definition) is 2. The molecule has 3 rings (SSSR count). The van der Waals surface area contributed by atoms with Crippen molar-refractivity contribution in [3.05, 3.63) is 63.6 Å². The molecule has 21 heavy (non-hydrogen) atoms. The zero-order valence-corrected chi connectivity index (χ0v) is 14.0. The molecule has 1 aliphatic rings. The molecule has 110 valence electrons. The van der Waals surface area contributed by atoms with Crippen LogP contribution < -0.4 is 10.1 Å². The number of nitrogens with one attached hydrogen (secondary N) is 1. The minimum atomic E-state index is 0.354. The largest absolute Gasteiger partial charge is 0.496 e. The molecular weight excluding hydrogens is 326 g/mol. The highest BCUT2D eigenvalue weighted by Crippen LogP contribution is 2.44. The van der Waals surface area contributed by atoms with Crippen molar-refractivity contribution < 1.29 is 4.74 Å². The third-order valence-corrected chi connectivity index (χ3v) is 4.88. The average molecular weight is 346 g/mol. The molecule has 2 atom stereocenters. The Morgan fingerprint density at radius 2 is 2.10 bits per heavy atom. The van der Waals surface area contributed by atoms with Gasteiger partial charge in [-0.25, -0.2) is 0 Å². The zero-order chi connectivity index (χ0) is 14.8. The van der Waals surface area contributed by atoms with Crippen molar-refractivity contribution >= 4 is 15.9 Å². The number of benzene rings is 2. The molecule has 1 N–H and O–H groups in total. The van der Waals surface area contributed by atoms with Gasteiger partial charge in [0, 0.05) is 12.0 Å². The Morgan fingerprint density at radius 3 is 2.76 bits per heavy atom. The maximum absolute atomic E-state index is 5.33. The molecule has 2 aromatic rings. The Balaban J connectivity index is 1.91. The molecule has 2 unspecified atom stereocenters. The number of ether oxygens (including phenoxy) is 1. The standard InChI is InChI=1S/C18H20BrNO/c1-3-20-18(13-8-9-17(21-2)16(19)11-13)15-10-12-6-4-5-7-14(12)15/h4-9,11,15,18,20H,3,10H2,1-2H3. The van der Waals surface area contributed by atoms with Crippen LogP contribution in [0.5, 0.6) is 5.75 Å². The van der Waals surface area contributed by atoms with Crippen molar-refractivity contribution in [1.29, 1.82) is 0 Å². The van der Waals surface area contributed by atoms with Crippen LogP contribution in [0.3, 0.4) is 0 Å². The van der Waals surface area contributed by atoms with Gasteiger partial charge in [0.2, 0.25) is 0 Å². The minimum Gasteiger partial charge on any atom is -0.496 e. The Bertz CT molecular complexity index is 641. The molecule has 0 saturated heterocycles. The molecule has 0 radical (unpaired) electrons. The van der Waals surface area contributed by atoms with E-state index >= 15 is 0 Å². The van der Waals surface area contributed by atoms with Gasteiger partial charge < -0.3 is 10.1 Å². The number of likely N-dealkylation sites (N-methyl/N-ethyl adjacent to an activating group) is 1. The van der Waals surface area contributed by atoms with Gasteiger partial charge in [-0.2, -0.15) is 0 Å². The first-order valence-electron chi connectivity index (χ1n) is 7.39. The summed E-state index contributed by atoms with van der Waals surface area (Å²) >= 11 is 3.59. The molecule has 0 spiro atoms. The average Bonchev–Trinajstić information content (AvgIpc) is 2.47. The van der Waals surface area contributed by atoms with Gasteiger partial charge >= 0.3 is 0 Å². The first-order valence-corrected chi connectivity index (χ1v) is 8.18. The van der Waals surface area contributed by atoms with Crippen LogP contribution in [0, 0.1) is 0 Å². The van der Waals surface area contributed by atoms with Crippen molar-refractivity contribution in [2.75, 3.05) is 13.7 Å². The van der Waals surface area contributed by atoms with Crippen LogP contribution in [0.4, 0.5) is 0 Å². The summed E-state index contributed by atoms with van der Waals surface area (Å²) in [5, 5.41) is 3.64. The number of halogens is 1. The molecule has 0 fully saturated rings. The second-order valence-corrected chi connectivity index (χ2v) is 6.29. The number of fused-ring (bicyclic) bond motifs is 1. The van der Waals surface area contributed by atoms with E-state index in [1.54, 1.807) is 7.11 Å². The maximum atomic E-state index is 5.33. The summed E-state index contributed by atoms with van der Waals surface area (Å²) < 4.78 is 6.34. The Labute approximate surface area is 134 Å². The van der Waals surface area contributed by atoms with Crippen LogP contribution in [0.25, 0.3) is 0 Å². The van der Waals surface area contributed by atoms with Gasteiger partial charge in [0.05, 0.1) is 11.6 Å². The van der Waals surface area contributed by atoms with Crippen LogP contribution in [0.1, 0.15) is 35.6 Å².